The van der Waals surface area contributed by atoms with Crippen molar-refractivity contribution in [3.8, 4) is 0 Å². The molecule has 0 aromatic rings. The van der Waals surface area contributed by atoms with Gasteiger partial charge in [0.25, 0.3) is 0 Å². The number of imide groups is 1. The highest BCUT2D eigenvalue weighted by molar-refractivity contribution is 7.99. The molecule has 0 radical (unpaired) electrons. The van der Waals surface area contributed by atoms with Crippen LogP contribution in [0, 0.1) is 5.92 Å². The Balaban J connectivity index is 2.22. The van der Waals surface area contributed by atoms with Gasteiger partial charge in [-0.25, -0.2) is 4.79 Å². The number of carbonyl (C=O) groups excluding carboxylic acids is 2. The predicted molar refractivity (Wildman–Crippen MR) is 68.4 cm³/mol. The van der Waals surface area contributed by atoms with Crippen LogP contribution in [0.3, 0.4) is 0 Å². The molecule has 2 atom stereocenters. The van der Waals surface area contributed by atoms with Crippen molar-refractivity contribution in [1.82, 2.24) is 10.6 Å². The topological polar surface area (TPSA) is 95.5 Å². The van der Waals surface area contributed by atoms with Crippen LogP contribution in [-0.2, 0) is 9.59 Å². The number of urea groups is 1. The fraction of sp³-hybridized carbons (Fsp3) is 0.727. The van der Waals surface area contributed by atoms with Crippen LogP contribution in [-0.4, -0.2) is 40.6 Å². The Morgan fingerprint density at radius 3 is 2.67 bits per heavy atom. The predicted octanol–water partition coefficient (Wildman–Crippen LogP) is 0.819. The van der Waals surface area contributed by atoms with Crippen molar-refractivity contribution in [1.29, 1.82) is 0 Å². The first kappa shape index (κ1) is 14.8. The maximum Gasteiger partial charge on any atom is 0.321 e. The van der Waals surface area contributed by atoms with E-state index in [1.807, 2.05) is 0 Å². The minimum atomic E-state index is -0.942. The highest BCUT2D eigenvalue weighted by atomic mass is 32.2. The fourth-order valence-corrected chi connectivity index (χ4v) is 2.89. The van der Waals surface area contributed by atoms with E-state index >= 15 is 0 Å². The van der Waals surface area contributed by atoms with Gasteiger partial charge in [-0.1, -0.05) is 6.92 Å². The van der Waals surface area contributed by atoms with Gasteiger partial charge < -0.3 is 10.4 Å². The third-order valence-electron chi connectivity index (χ3n) is 2.57. The normalized spacial score (nSPS) is 20.2. The van der Waals surface area contributed by atoms with Crippen LogP contribution in [0.25, 0.3) is 0 Å². The Kier molecular flexibility index (Phi) is 5.97. The number of carbonyl (C=O) groups is 3. The Morgan fingerprint density at radius 1 is 1.39 bits per heavy atom. The van der Waals surface area contributed by atoms with Gasteiger partial charge in [-0.3, -0.25) is 14.9 Å². The molecule has 102 valence electrons. The summed E-state index contributed by atoms with van der Waals surface area (Å²) in [5.41, 5.74) is 0. The Labute approximate surface area is 110 Å². The third kappa shape index (κ3) is 5.90. The molecule has 3 N–H and O–H groups in total. The Bertz CT molecular complexity index is 329. The molecular formula is C11H18N2O4S. The van der Waals surface area contributed by atoms with Crippen LogP contribution in [0.1, 0.15) is 26.2 Å². The van der Waals surface area contributed by atoms with Crippen molar-refractivity contribution in [3.05, 3.63) is 0 Å². The van der Waals surface area contributed by atoms with Crippen molar-refractivity contribution in [2.75, 3.05) is 11.5 Å². The van der Waals surface area contributed by atoms with Gasteiger partial charge in [-0.05, 0) is 18.1 Å². The molecule has 7 heteroatoms. The summed E-state index contributed by atoms with van der Waals surface area (Å²) in [6.07, 6.45) is 0.884. The lowest BCUT2D eigenvalue weighted by atomic mass is 10.0. The van der Waals surface area contributed by atoms with Gasteiger partial charge >= 0.3 is 12.0 Å². The average molecular weight is 274 g/mol. The van der Waals surface area contributed by atoms with Crippen LogP contribution in [0.15, 0.2) is 0 Å². The van der Waals surface area contributed by atoms with Crippen LogP contribution < -0.4 is 10.6 Å². The van der Waals surface area contributed by atoms with E-state index in [1.165, 1.54) is 0 Å². The minimum absolute atomic E-state index is 0.0408. The first-order valence-corrected chi connectivity index (χ1v) is 7.02. The van der Waals surface area contributed by atoms with E-state index in [2.05, 4.69) is 10.6 Å². The summed E-state index contributed by atoms with van der Waals surface area (Å²) in [5, 5.41) is 13.5. The zero-order valence-electron chi connectivity index (χ0n) is 10.3. The molecule has 2 unspecified atom stereocenters. The van der Waals surface area contributed by atoms with Crippen molar-refractivity contribution in [2.24, 2.45) is 5.92 Å². The van der Waals surface area contributed by atoms with Crippen LogP contribution >= 0.6 is 11.8 Å². The summed E-state index contributed by atoms with van der Waals surface area (Å²) in [4.78, 5) is 33.3. The minimum Gasteiger partial charge on any atom is -0.481 e. The number of rotatable bonds is 5. The summed E-state index contributed by atoms with van der Waals surface area (Å²) in [6, 6.07) is -0.366. The monoisotopic (exact) mass is 274 g/mol. The fourth-order valence-electron chi connectivity index (χ4n) is 1.73. The number of carboxylic acids is 1. The molecule has 1 aliphatic heterocycles. The van der Waals surface area contributed by atoms with Crippen LogP contribution in [0.5, 0.6) is 0 Å². The Hall–Kier alpha value is -1.24. The van der Waals surface area contributed by atoms with E-state index in [0.29, 0.717) is 0 Å². The van der Waals surface area contributed by atoms with Crippen molar-refractivity contribution in [3.63, 3.8) is 0 Å². The zero-order chi connectivity index (χ0) is 13.5. The van der Waals surface area contributed by atoms with Gasteiger partial charge in [0.2, 0.25) is 5.91 Å². The molecule has 6 nitrogen and oxygen atoms in total. The van der Waals surface area contributed by atoms with Gasteiger partial charge in [0.1, 0.15) is 0 Å². The number of hydrogen-bond donors (Lipinski definition) is 3. The largest absolute Gasteiger partial charge is 0.481 e. The van der Waals surface area contributed by atoms with E-state index in [4.69, 9.17) is 5.11 Å². The lowest BCUT2D eigenvalue weighted by Gasteiger charge is -2.12. The molecule has 0 saturated carbocycles. The van der Waals surface area contributed by atoms with E-state index in [-0.39, 0.29) is 24.8 Å². The molecular weight excluding hydrogens is 256 g/mol. The summed E-state index contributed by atoms with van der Waals surface area (Å²) >= 11 is 1.77. The standard InChI is InChI=1S/C11H18N2O4S/c1-7(5-10(15)16)4-9(14)13-11(17)12-8-2-3-18-6-8/h7-8H,2-6H2,1H3,(H,15,16)(H2,12,13,14,17). The molecule has 0 aliphatic carbocycles. The molecule has 1 aliphatic rings. The lowest BCUT2D eigenvalue weighted by Crippen LogP contribution is -2.44. The molecule has 18 heavy (non-hydrogen) atoms. The van der Waals surface area contributed by atoms with E-state index in [9.17, 15) is 14.4 Å². The van der Waals surface area contributed by atoms with Gasteiger partial charge in [0, 0.05) is 24.6 Å². The van der Waals surface area contributed by atoms with Gasteiger partial charge in [-0.15, -0.1) is 0 Å². The van der Waals surface area contributed by atoms with Gasteiger partial charge in [0.15, 0.2) is 0 Å². The van der Waals surface area contributed by atoms with Crippen LogP contribution in [0.4, 0.5) is 4.79 Å². The van der Waals surface area contributed by atoms with E-state index < -0.39 is 17.9 Å². The second-order valence-corrected chi connectivity index (χ2v) is 5.64. The quantitative estimate of drug-likeness (QED) is 0.690. The van der Waals surface area contributed by atoms with E-state index in [1.54, 1.807) is 18.7 Å². The SMILES string of the molecule is CC(CC(=O)O)CC(=O)NC(=O)NC1CCSC1. The first-order chi connectivity index (χ1) is 8.47. The van der Waals surface area contributed by atoms with Crippen molar-refractivity contribution >= 4 is 29.7 Å². The number of aliphatic carboxylic acids is 1. The maximum absolute atomic E-state index is 11.4. The number of nitrogens with one attached hydrogen (secondary N) is 2. The molecule has 1 fully saturated rings. The molecule has 0 spiro atoms. The number of amides is 3. The zero-order valence-corrected chi connectivity index (χ0v) is 11.1. The molecule has 0 aromatic heterocycles. The Morgan fingerprint density at radius 2 is 2.11 bits per heavy atom. The van der Waals surface area contributed by atoms with Gasteiger partial charge in [0.05, 0.1) is 0 Å². The van der Waals surface area contributed by atoms with E-state index in [0.717, 1.165) is 17.9 Å². The maximum atomic E-state index is 11.4. The molecule has 0 aromatic carbocycles. The van der Waals surface area contributed by atoms with Crippen molar-refractivity contribution in [2.45, 2.75) is 32.2 Å². The number of thioether (sulfide) groups is 1. The van der Waals surface area contributed by atoms with Gasteiger partial charge in [-0.2, -0.15) is 11.8 Å². The number of hydrogen-bond acceptors (Lipinski definition) is 4. The summed E-state index contributed by atoms with van der Waals surface area (Å²) in [6.45, 7) is 1.67. The smallest absolute Gasteiger partial charge is 0.321 e. The molecule has 1 saturated heterocycles. The van der Waals surface area contributed by atoms with Crippen LogP contribution in [0.2, 0.25) is 0 Å². The second kappa shape index (κ2) is 7.25. The summed E-state index contributed by atoms with van der Waals surface area (Å²) < 4.78 is 0. The lowest BCUT2D eigenvalue weighted by molar-refractivity contribution is -0.138. The molecule has 1 rings (SSSR count). The number of carboxylic acid groups (broad SMARTS) is 1. The second-order valence-electron chi connectivity index (χ2n) is 4.49. The average Bonchev–Trinajstić information content (AvgIpc) is 2.67. The molecule has 0 bridgehead atoms. The molecule has 1 heterocycles. The van der Waals surface area contributed by atoms with Crippen molar-refractivity contribution < 1.29 is 19.5 Å². The summed E-state index contributed by atoms with van der Waals surface area (Å²) in [5.74, 6) is 0.234. The summed E-state index contributed by atoms with van der Waals surface area (Å²) in [7, 11) is 0. The highest BCUT2D eigenvalue weighted by Crippen LogP contribution is 2.16. The highest BCUT2D eigenvalue weighted by Gasteiger charge is 2.19. The molecule has 3 amide bonds. The third-order valence-corrected chi connectivity index (χ3v) is 3.74. The first-order valence-electron chi connectivity index (χ1n) is 5.87.